The molecule has 0 heterocycles. The summed E-state index contributed by atoms with van der Waals surface area (Å²) in [6.45, 7) is 2.06. The van der Waals surface area contributed by atoms with Crippen molar-refractivity contribution in [2.24, 2.45) is 0 Å². The van der Waals surface area contributed by atoms with Gasteiger partial charge >= 0.3 is 0 Å². The van der Waals surface area contributed by atoms with Crippen LogP contribution in [0.3, 0.4) is 0 Å². The number of anilines is 1. The molecule has 0 amide bonds. The Bertz CT molecular complexity index is 540. The second-order valence-corrected chi connectivity index (χ2v) is 5.80. The van der Waals surface area contributed by atoms with E-state index in [1.54, 1.807) is 6.07 Å². The van der Waals surface area contributed by atoms with Crippen LogP contribution in [0.4, 0.5) is 5.69 Å². The summed E-state index contributed by atoms with van der Waals surface area (Å²) < 4.78 is 1.06. The number of benzene rings is 2. The van der Waals surface area contributed by atoms with Gasteiger partial charge in [-0.3, -0.25) is 0 Å². The molecule has 0 aliphatic rings. The number of hydrogen-bond donors (Lipinski definition) is 1. The van der Waals surface area contributed by atoms with Crippen LogP contribution in [0.5, 0.6) is 0 Å². The second-order valence-electron chi connectivity index (χ2n) is 4.04. The molecule has 0 fully saturated rings. The zero-order chi connectivity index (χ0) is 13.1. The van der Waals surface area contributed by atoms with E-state index in [1.807, 2.05) is 36.4 Å². The third-order valence-electron chi connectivity index (χ3n) is 2.65. The number of rotatable bonds is 3. The van der Waals surface area contributed by atoms with Crippen LogP contribution in [0.1, 0.15) is 18.5 Å². The summed E-state index contributed by atoms with van der Waals surface area (Å²) in [5.41, 5.74) is 2.04. The third kappa shape index (κ3) is 3.41. The molecule has 1 N–H and O–H groups in total. The van der Waals surface area contributed by atoms with Crippen molar-refractivity contribution in [2.75, 3.05) is 5.32 Å². The van der Waals surface area contributed by atoms with Crippen LogP contribution in [0, 0.1) is 0 Å². The van der Waals surface area contributed by atoms with E-state index >= 15 is 0 Å². The van der Waals surface area contributed by atoms with Gasteiger partial charge in [-0.25, -0.2) is 0 Å². The summed E-state index contributed by atoms with van der Waals surface area (Å²) in [5.74, 6) is 0. The van der Waals surface area contributed by atoms with E-state index < -0.39 is 0 Å². The van der Waals surface area contributed by atoms with Crippen molar-refractivity contribution in [2.45, 2.75) is 13.0 Å². The van der Waals surface area contributed by atoms with Gasteiger partial charge in [-0.05, 0) is 55.0 Å². The minimum atomic E-state index is 0.0948. The van der Waals surface area contributed by atoms with Gasteiger partial charge in [0.25, 0.3) is 0 Å². The molecule has 4 heteroatoms. The molecule has 0 saturated heterocycles. The number of halogens is 3. The predicted molar refractivity (Wildman–Crippen MR) is 82.6 cm³/mol. The molecule has 0 aromatic heterocycles. The highest BCUT2D eigenvalue weighted by molar-refractivity contribution is 9.10. The fraction of sp³-hybridized carbons (Fsp3) is 0.143. The van der Waals surface area contributed by atoms with Crippen LogP contribution in [0.15, 0.2) is 46.9 Å². The second kappa shape index (κ2) is 5.96. The maximum atomic E-state index is 6.18. The van der Waals surface area contributed by atoms with E-state index in [2.05, 4.69) is 28.2 Å². The molecule has 0 saturated carbocycles. The van der Waals surface area contributed by atoms with Crippen molar-refractivity contribution < 1.29 is 0 Å². The van der Waals surface area contributed by atoms with Gasteiger partial charge in [0.05, 0.1) is 6.04 Å². The maximum Gasteiger partial charge on any atom is 0.0500 e. The van der Waals surface area contributed by atoms with Crippen molar-refractivity contribution in [3.05, 3.63) is 62.5 Å². The smallest absolute Gasteiger partial charge is 0.0500 e. The normalized spacial score (nSPS) is 12.2. The molecule has 0 radical (unpaired) electrons. The topological polar surface area (TPSA) is 12.0 Å². The van der Waals surface area contributed by atoms with E-state index in [0.717, 1.165) is 20.7 Å². The minimum absolute atomic E-state index is 0.0948. The SMILES string of the molecule is CC(Nc1ccc(Br)cc1)c1cc(Cl)ccc1Cl. The van der Waals surface area contributed by atoms with Crippen LogP contribution < -0.4 is 5.32 Å². The van der Waals surface area contributed by atoms with Crippen LogP contribution in [0.25, 0.3) is 0 Å². The summed E-state index contributed by atoms with van der Waals surface area (Å²) in [5, 5.41) is 4.80. The molecule has 2 aromatic carbocycles. The molecule has 1 atom stereocenters. The van der Waals surface area contributed by atoms with Gasteiger partial charge in [-0.2, -0.15) is 0 Å². The summed E-state index contributed by atoms with van der Waals surface area (Å²) in [7, 11) is 0. The Hall–Kier alpha value is -0.700. The van der Waals surface area contributed by atoms with E-state index in [9.17, 15) is 0 Å². The van der Waals surface area contributed by atoms with E-state index in [-0.39, 0.29) is 6.04 Å². The first-order valence-corrected chi connectivity index (χ1v) is 7.08. The zero-order valence-corrected chi connectivity index (χ0v) is 12.9. The summed E-state index contributed by atoms with van der Waals surface area (Å²) in [6.07, 6.45) is 0. The lowest BCUT2D eigenvalue weighted by molar-refractivity contribution is 0.885. The summed E-state index contributed by atoms with van der Waals surface area (Å²) >= 11 is 15.6. The highest BCUT2D eigenvalue weighted by Gasteiger charge is 2.10. The summed E-state index contributed by atoms with van der Waals surface area (Å²) in [4.78, 5) is 0. The van der Waals surface area contributed by atoms with Crippen LogP contribution >= 0.6 is 39.1 Å². The maximum absolute atomic E-state index is 6.18. The fourth-order valence-corrected chi connectivity index (χ4v) is 2.45. The van der Waals surface area contributed by atoms with Gasteiger partial charge in [0.1, 0.15) is 0 Å². The Balaban J connectivity index is 2.18. The van der Waals surface area contributed by atoms with Crippen LogP contribution in [0.2, 0.25) is 10.0 Å². The first-order chi connectivity index (χ1) is 8.56. The lowest BCUT2D eigenvalue weighted by Gasteiger charge is -2.17. The molecule has 0 spiro atoms. The molecule has 2 rings (SSSR count). The highest BCUT2D eigenvalue weighted by Crippen LogP contribution is 2.28. The molecule has 1 unspecified atom stereocenters. The molecule has 2 aromatic rings. The lowest BCUT2D eigenvalue weighted by atomic mass is 10.1. The first kappa shape index (κ1) is 13.7. The minimum Gasteiger partial charge on any atom is -0.378 e. The van der Waals surface area contributed by atoms with Crippen LogP contribution in [-0.2, 0) is 0 Å². The van der Waals surface area contributed by atoms with E-state index in [0.29, 0.717) is 5.02 Å². The van der Waals surface area contributed by atoms with E-state index in [1.165, 1.54) is 0 Å². The largest absolute Gasteiger partial charge is 0.378 e. The van der Waals surface area contributed by atoms with Crippen molar-refractivity contribution in [3.63, 3.8) is 0 Å². The van der Waals surface area contributed by atoms with Crippen molar-refractivity contribution in [1.82, 2.24) is 0 Å². The fourth-order valence-electron chi connectivity index (χ4n) is 1.72. The van der Waals surface area contributed by atoms with Gasteiger partial charge < -0.3 is 5.32 Å². The Morgan fingerprint density at radius 2 is 1.72 bits per heavy atom. The van der Waals surface area contributed by atoms with Gasteiger partial charge in [0.2, 0.25) is 0 Å². The van der Waals surface area contributed by atoms with Gasteiger partial charge in [-0.15, -0.1) is 0 Å². The Morgan fingerprint density at radius 1 is 1.06 bits per heavy atom. The van der Waals surface area contributed by atoms with Crippen molar-refractivity contribution >= 4 is 44.8 Å². The molecular formula is C14H12BrCl2N. The molecule has 1 nitrogen and oxygen atoms in total. The average Bonchev–Trinajstić information content (AvgIpc) is 2.35. The van der Waals surface area contributed by atoms with Gasteiger partial charge in [-0.1, -0.05) is 39.1 Å². The Morgan fingerprint density at radius 3 is 2.39 bits per heavy atom. The number of nitrogens with one attached hydrogen (secondary N) is 1. The molecule has 0 bridgehead atoms. The molecule has 0 aliphatic heterocycles. The molecular weight excluding hydrogens is 333 g/mol. The predicted octanol–water partition coefficient (Wildman–Crippen LogP) is 5.93. The highest BCUT2D eigenvalue weighted by atomic mass is 79.9. The van der Waals surface area contributed by atoms with E-state index in [4.69, 9.17) is 23.2 Å². The standard InChI is InChI=1S/C14H12BrCl2N/c1-9(13-8-11(16)4-7-14(13)17)18-12-5-2-10(15)3-6-12/h2-9,18H,1H3. The lowest BCUT2D eigenvalue weighted by Crippen LogP contribution is -2.07. The monoisotopic (exact) mass is 343 g/mol. The van der Waals surface area contributed by atoms with Gasteiger partial charge in [0, 0.05) is 20.2 Å². The number of hydrogen-bond acceptors (Lipinski definition) is 1. The first-order valence-electron chi connectivity index (χ1n) is 5.53. The average molecular weight is 345 g/mol. The third-order valence-corrected chi connectivity index (χ3v) is 3.76. The van der Waals surface area contributed by atoms with Crippen molar-refractivity contribution in [3.8, 4) is 0 Å². The molecule has 0 aliphatic carbocycles. The summed E-state index contributed by atoms with van der Waals surface area (Å²) in [6, 6.07) is 13.6. The Labute approximate surface area is 125 Å². The van der Waals surface area contributed by atoms with Crippen LogP contribution in [-0.4, -0.2) is 0 Å². The van der Waals surface area contributed by atoms with Gasteiger partial charge in [0.15, 0.2) is 0 Å². The molecule has 94 valence electrons. The molecule has 18 heavy (non-hydrogen) atoms. The van der Waals surface area contributed by atoms with Crippen molar-refractivity contribution in [1.29, 1.82) is 0 Å². The Kier molecular flexibility index (Phi) is 4.55. The zero-order valence-electron chi connectivity index (χ0n) is 9.75. The quantitative estimate of drug-likeness (QED) is 0.727.